The molecule has 2 heteroatoms. The van der Waals surface area contributed by atoms with Gasteiger partial charge in [0.15, 0.2) is 5.78 Å². The van der Waals surface area contributed by atoms with Gasteiger partial charge in [-0.05, 0) is 25.0 Å². The number of ether oxygens (including phenoxy) is 1. The summed E-state index contributed by atoms with van der Waals surface area (Å²) >= 11 is 0. The summed E-state index contributed by atoms with van der Waals surface area (Å²) in [5, 5.41) is 0. The average molecular weight is 190 g/mol. The van der Waals surface area contributed by atoms with E-state index in [1.165, 1.54) is 0 Å². The van der Waals surface area contributed by atoms with Crippen LogP contribution in [0.4, 0.5) is 0 Å². The highest BCUT2D eigenvalue weighted by Crippen LogP contribution is 2.27. The van der Waals surface area contributed by atoms with Gasteiger partial charge in [-0.2, -0.15) is 0 Å². The molecule has 0 amide bonds. The Bertz CT molecular complexity index is 340. The number of hydrogen-bond acceptors (Lipinski definition) is 2. The molecule has 0 N–H and O–H groups in total. The van der Waals surface area contributed by atoms with Crippen LogP contribution in [0.3, 0.4) is 0 Å². The number of carbonyl (C=O) groups excluding carboxylic acids is 1. The Hall–Kier alpha value is -1.31. The molecule has 14 heavy (non-hydrogen) atoms. The third kappa shape index (κ3) is 2.13. The standard InChI is InChI=1S/C12H14O2/c1-2-12(13)9-4-3-5-11(8-9)14-10-6-7-10/h3-5,8,10H,2,6-7H2,1H3. The van der Waals surface area contributed by atoms with E-state index in [1.54, 1.807) is 0 Å². The van der Waals surface area contributed by atoms with E-state index in [2.05, 4.69) is 0 Å². The molecule has 2 nitrogen and oxygen atoms in total. The maximum absolute atomic E-state index is 11.4. The SMILES string of the molecule is CCC(=O)c1cccc(OC2CC2)c1. The fourth-order valence-corrected chi connectivity index (χ4v) is 1.33. The second-order valence-electron chi connectivity index (χ2n) is 3.62. The fraction of sp³-hybridized carbons (Fsp3) is 0.417. The van der Waals surface area contributed by atoms with Crippen molar-refractivity contribution in [2.24, 2.45) is 0 Å². The molecule has 0 heterocycles. The molecule has 1 aromatic rings. The summed E-state index contributed by atoms with van der Waals surface area (Å²) in [4.78, 5) is 11.4. The van der Waals surface area contributed by atoms with E-state index < -0.39 is 0 Å². The van der Waals surface area contributed by atoms with Crippen molar-refractivity contribution in [1.82, 2.24) is 0 Å². The fourth-order valence-electron chi connectivity index (χ4n) is 1.33. The summed E-state index contributed by atoms with van der Waals surface area (Å²) < 4.78 is 5.61. The van der Waals surface area contributed by atoms with Crippen molar-refractivity contribution in [3.8, 4) is 5.75 Å². The van der Waals surface area contributed by atoms with Crippen molar-refractivity contribution >= 4 is 5.78 Å². The number of carbonyl (C=O) groups is 1. The summed E-state index contributed by atoms with van der Waals surface area (Å²) in [6.45, 7) is 1.87. The van der Waals surface area contributed by atoms with Crippen LogP contribution in [0.25, 0.3) is 0 Å². The lowest BCUT2D eigenvalue weighted by molar-refractivity contribution is 0.0987. The molecule has 2 rings (SSSR count). The normalized spacial score (nSPS) is 15.2. The minimum atomic E-state index is 0.172. The molecule has 0 bridgehead atoms. The van der Waals surface area contributed by atoms with Gasteiger partial charge in [-0.1, -0.05) is 19.1 Å². The van der Waals surface area contributed by atoms with Gasteiger partial charge in [0.05, 0.1) is 6.10 Å². The van der Waals surface area contributed by atoms with E-state index >= 15 is 0 Å². The molecule has 0 spiro atoms. The van der Waals surface area contributed by atoms with Crippen LogP contribution in [0, 0.1) is 0 Å². The molecule has 0 aliphatic heterocycles. The van der Waals surface area contributed by atoms with Gasteiger partial charge in [-0.3, -0.25) is 4.79 Å². The molecule has 1 aliphatic rings. The van der Waals surface area contributed by atoms with Crippen LogP contribution in [-0.2, 0) is 0 Å². The van der Waals surface area contributed by atoms with Crippen LogP contribution in [0.15, 0.2) is 24.3 Å². The summed E-state index contributed by atoms with van der Waals surface area (Å²) in [5.74, 6) is 0.998. The Morgan fingerprint density at radius 3 is 2.93 bits per heavy atom. The quantitative estimate of drug-likeness (QED) is 0.682. The molecule has 74 valence electrons. The lowest BCUT2D eigenvalue weighted by Crippen LogP contribution is -1.99. The van der Waals surface area contributed by atoms with Gasteiger partial charge >= 0.3 is 0 Å². The lowest BCUT2D eigenvalue weighted by atomic mass is 10.1. The van der Waals surface area contributed by atoms with Crippen LogP contribution in [0.2, 0.25) is 0 Å². The monoisotopic (exact) mass is 190 g/mol. The number of ketones is 1. The summed E-state index contributed by atoms with van der Waals surface area (Å²) in [7, 11) is 0. The molecular weight excluding hydrogens is 176 g/mol. The third-order valence-corrected chi connectivity index (χ3v) is 2.30. The van der Waals surface area contributed by atoms with E-state index in [9.17, 15) is 4.79 Å². The lowest BCUT2D eigenvalue weighted by Gasteiger charge is -2.05. The van der Waals surface area contributed by atoms with Crippen molar-refractivity contribution in [3.05, 3.63) is 29.8 Å². The topological polar surface area (TPSA) is 26.3 Å². The highest BCUT2D eigenvalue weighted by molar-refractivity contribution is 5.96. The molecule has 1 fully saturated rings. The van der Waals surface area contributed by atoms with Gasteiger partial charge in [-0.25, -0.2) is 0 Å². The highest BCUT2D eigenvalue weighted by atomic mass is 16.5. The smallest absolute Gasteiger partial charge is 0.162 e. The zero-order valence-corrected chi connectivity index (χ0v) is 8.32. The number of rotatable bonds is 4. The molecule has 0 saturated heterocycles. The van der Waals surface area contributed by atoms with E-state index in [0.29, 0.717) is 12.5 Å². The minimum Gasteiger partial charge on any atom is -0.490 e. The molecule has 1 saturated carbocycles. The van der Waals surface area contributed by atoms with E-state index in [0.717, 1.165) is 24.2 Å². The van der Waals surface area contributed by atoms with E-state index in [-0.39, 0.29) is 5.78 Å². The predicted octanol–water partition coefficient (Wildman–Crippen LogP) is 2.82. The van der Waals surface area contributed by atoms with Gasteiger partial charge in [0.2, 0.25) is 0 Å². The first-order valence-corrected chi connectivity index (χ1v) is 5.09. The van der Waals surface area contributed by atoms with Gasteiger partial charge in [0.1, 0.15) is 5.75 Å². The molecule has 0 unspecified atom stereocenters. The van der Waals surface area contributed by atoms with Crippen LogP contribution in [0.5, 0.6) is 5.75 Å². The van der Waals surface area contributed by atoms with E-state index in [4.69, 9.17) is 4.74 Å². The van der Waals surface area contributed by atoms with Crippen LogP contribution >= 0.6 is 0 Å². The van der Waals surface area contributed by atoms with Gasteiger partial charge in [0, 0.05) is 12.0 Å². The first kappa shape index (κ1) is 9.25. The molecule has 1 aromatic carbocycles. The molecule has 0 atom stereocenters. The molecule has 0 radical (unpaired) electrons. The summed E-state index contributed by atoms with van der Waals surface area (Å²) in [5.41, 5.74) is 0.755. The summed E-state index contributed by atoms with van der Waals surface area (Å²) in [6.07, 6.45) is 3.23. The first-order chi connectivity index (χ1) is 6.79. The minimum absolute atomic E-state index is 0.172. The van der Waals surface area contributed by atoms with Crippen LogP contribution < -0.4 is 4.74 Å². The predicted molar refractivity (Wildman–Crippen MR) is 54.7 cm³/mol. The van der Waals surface area contributed by atoms with Crippen LogP contribution in [0.1, 0.15) is 36.5 Å². The van der Waals surface area contributed by atoms with E-state index in [1.807, 2.05) is 31.2 Å². The second kappa shape index (κ2) is 3.82. The Balaban J connectivity index is 2.12. The zero-order chi connectivity index (χ0) is 9.97. The number of hydrogen-bond donors (Lipinski definition) is 0. The van der Waals surface area contributed by atoms with Crippen molar-refractivity contribution in [2.75, 3.05) is 0 Å². The van der Waals surface area contributed by atoms with Crippen molar-refractivity contribution in [1.29, 1.82) is 0 Å². The molecule has 0 aromatic heterocycles. The average Bonchev–Trinajstić information content (AvgIpc) is 3.01. The zero-order valence-electron chi connectivity index (χ0n) is 8.32. The van der Waals surface area contributed by atoms with Gasteiger partial charge < -0.3 is 4.74 Å². The Morgan fingerprint density at radius 1 is 1.50 bits per heavy atom. The van der Waals surface area contributed by atoms with Crippen molar-refractivity contribution < 1.29 is 9.53 Å². The number of benzene rings is 1. The maximum atomic E-state index is 11.4. The maximum Gasteiger partial charge on any atom is 0.162 e. The molecular formula is C12H14O2. The third-order valence-electron chi connectivity index (χ3n) is 2.30. The van der Waals surface area contributed by atoms with Crippen molar-refractivity contribution in [3.63, 3.8) is 0 Å². The first-order valence-electron chi connectivity index (χ1n) is 5.09. The van der Waals surface area contributed by atoms with Crippen molar-refractivity contribution in [2.45, 2.75) is 32.3 Å². The van der Waals surface area contributed by atoms with Gasteiger partial charge in [-0.15, -0.1) is 0 Å². The van der Waals surface area contributed by atoms with Crippen LogP contribution in [-0.4, -0.2) is 11.9 Å². The Morgan fingerprint density at radius 2 is 2.29 bits per heavy atom. The Labute approximate surface area is 83.9 Å². The Kier molecular flexibility index (Phi) is 2.53. The largest absolute Gasteiger partial charge is 0.490 e. The highest BCUT2D eigenvalue weighted by Gasteiger charge is 2.23. The second-order valence-corrected chi connectivity index (χ2v) is 3.62. The van der Waals surface area contributed by atoms with Gasteiger partial charge in [0.25, 0.3) is 0 Å². The molecule has 1 aliphatic carbocycles. The summed E-state index contributed by atoms with van der Waals surface area (Å²) in [6, 6.07) is 7.46. The number of Topliss-reactive ketones (excluding diaryl/α,β-unsaturated/α-hetero) is 1.